The Kier molecular flexibility index (Phi) is 6.45. The summed E-state index contributed by atoms with van der Waals surface area (Å²) in [6, 6.07) is 10.1. The Morgan fingerprint density at radius 3 is 1.92 bits per heavy atom. The van der Waals surface area contributed by atoms with Gasteiger partial charge in [-0.2, -0.15) is 0 Å². The first-order valence-electron chi connectivity index (χ1n) is 9.54. The second-order valence-electron chi connectivity index (χ2n) is 7.05. The van der Waals surface area contributed by atoms with Crippen molar-refractivity contribution in [2.24, 2.45) is 0 Å². The molecule has 2 fully saturated rings. The molecule has 2 saturated heterocycles. The zero-order chi connectivity index (χ0) is 17.5. The van der Waals surface area contributed by atoms with Gasteiger partial charge in [0.15, 0.2) is 0 Å². The van der Waals surface area contributed by atoms with E-state index in [1.165, 1.54) is 18.4 Å². The van der Waals surface area contributed by atoms with Crippen molar-refractivity contribution in [3.8, 4) is 0 Å². The third-order valence-electron chi connectivity index (χ3n) is 5.30. The molecule has 2 aliphatic heterocycles. The summed E-state index contributed by atoms with van der Waals surface area (Å²) in [5.41, 5.74) is 1.20. The van der Waals surface area contributed by atoms with Gasteiger partial charge in [0.05, 0.1) is 0 Å². The van der Waals surface area contributed by atoms with Crippen LogP contribution in [0.3, 0.4) is 0 Å². The fourth-order valence-corrected chi connectivity index (χ4v) is 3.68. The van der Waals surface area contributed by atoms with Crippen molar-refractivity contribution in [3.63, 3.8) is 0 Å². The molecule has 5 nitrogen and oxygen atoms in total. The monoisotopic (exact) mass is 343 g/mol. The Balaban J connectivity index is 1.35. The molecule has 1 aromatic rings. The van der Waals surface area contributed by atoms with E-state index in [0.717, 1.165) is 26.1 Å². The minimum atomic E-state index is 0.202. The summed E-state index contributed by atoms with van der Waals surface area (Å²) in [6.07, 6.45) is 4.47. The van der Waals surface area contributed by atoms with Crippen LogP contribution in [0.15, 0.2) is 30.3 Å². The van der Waals surface area contributed by atoms with E-state index in [4.69, 9.17) is 0 Å². The Labute approximate surface area is 150 Å². The molecule has 0 aromatic heterocycles. The van der Waals surface area contributed by atoms with Gasteiger partial charge >= 0.3 is 0 Å². The molecule has 0 atom stereocenters. The zero-order valence-corrected chi connectivity index (χ0v) is 15.0. The Hall–Kier alpha value is -1.88. The van der Waals surface area contributed by atoms with Gasteiger partial charge in [0, 0.05) is 45.6 Å². The molecule has 0 bridgehead atoms. The standard InChI is InChI=1S/C20H29N3O2/c24-19(9-8-18-6-2-1-3-7-18)22-14-16-23(17-15-22)20(25)10-13-21-11-4-5-12-21/h1-3,6-7H,4-5,8-17H2. The second-order valence-corrected chi connectivity index (χ2v) is 7.05. The summed E-state index contributed by atoms with van der Waals surface area (Å²) in [5, 5.41) is 0. The fourth-order valence-electron chi connectivity index (χ4n) is 3.68. The Morgan fingerprint density at radius 2 is 1.32 bits per heavy atom. The molecule has 0 aliphatic carbocycles. The number of carbonyl (C=O) groups excluding carboxylic acids is 2. The highest BCUT2D eigenvalue weighted by Gasteiger charge is 2.24. The predicted molar refractivity (Wildman–Crippen MR) is 98.2 cm³/mol. The molecular weight excluding hydrogens is 314 g/mol. The summed E-state index contributed by atoms with van der Waals surface area (Å²) in [6.45, 7) is 5.85. The smallest absolute Gasteiger partial charge is 0.223 e. The highest BCUT2D eigenvalue weighted by atomic mass is 16.2. The number of aryl methyl sites for hydroxylation is 1. The van der Waals surface area contributed by atoms with E-state index in [-0.39, 0.29) is 11.8 Å². The van der Waals surface area contributed by atoms with Crippen LogP contribution >= 0.6 is 0 Å². The molecule has 0 N–H and O–H groups in total. The van der Waals surface area contributed by atoms with E-state index < -0.39 is 0 Å². The largest absolute Gasteiger partial charge is 0.339 e. The van der Waals surface area contributed by atoms with E-state index in [1.54, 1.807) is 0 Å². The summed E-state index contributed by atoms with van der Waals surface area (Å²) < 4.78 is 0. The van der Waals surface area contributed by atoms with Crippen LogP contribution in [-0.4, -0.2) is 72.3 Å². The molecule has 5 heteroatoms. The molecule has 3 rings (SSSR count). The first kappa shape index (κ1) is 17.9. The molecule has 25 heavy (non-hydrogen) atoms. The Bertz CT molecular complexity index is 562. The van der Waals surface area contributed by atoms with Crippen molar-refractivity contribution in [1.29, 1.82) is 0 Å². The molecule has 2 aliphatic rings. The van der Waals surface area contributed by atoms with Crippen molar-refractivity contribution >= 4 is 11.8 Å². The predicted octanol–water partition coefficient (Wildman–Crippen LogP) is 1.78. The van der Waals surface area contributed by atoms with Gasteiger partial charge in [0.25, 0.3) is 0 Å². The quantitative estimate of drug-likeness (QED) is 0.791. The lowest BCUT2D eigenvalue weighted by atomic mass is 10.1. The van der Waals surface area contributed by atoms with Gasteiger partial charge in [0.2, 0.25) is 11.8 Å². The van der Waals surface area contributed by atoms with Gasteiger partial charge < -0.3 is 14.7 Å². The SMILES string of the molecule is O=C(CCc1ccccc1)N1CCN(C(=O)CCN2CCCC2)CC1. The number of nitrogens with zero attached hydrogens (tertiary/aromatic N) is 3. The van der Waals surface area contributed by atoms with E-state index >= 15 is 0 Å². The summed E-state index contributed by atoms with van der Waals surface area (Å²) in [4.78, 5) is 30.9. The minimum absolute atomic E-state index is 0.202. The van der Waals surface area contributed by atoms with Crippen LogP contribution in [0.1, 0.15) is 31.2 Å². The van der Waals surface area contributed by atoms with Crippen molar-refractivity contribution in [2.45, 2.75) is 32.1 Å². The van der Waals surface area contributed by atoms with Crippen molar-refractivity contribution in [3.05, 3.63) is 35.9 Å². The van der Waals surface area contributed by atoms with E-state index in [1.807, 2.05) is 28.0 Å². The Morgan fingerprint density at radius 1 is 0.760 bits per heavy atom. The summed E-state index contributed by atoms with van der Waals surface area (Å²) in [5.74, 6) is 0.441. The lowest BCUT2D eigenvalue weighted by molar-refractivity contribution is -0.139. The number of carbonyl (C=O) groups is 2. The second kappa shape index (κ2) is 8.99. The number of hydrogen-bond donors (Lipinski definition) is 0. The third kappa shape index (κ3) is 5.30. The maximum Gasteiger partial charge on any atom is 0.223 e. The van der Waals surface area contributed by atoms with Gasteiger partial charge in [-0.15, -0.1) is 0 Å². The van der Waals surface area contributed by atoms with E-state index in [0.29, 0.717) is 39.0 Å². The topological polar surface area (TPSA) is 43.9 Å². The zero-order valence-electron chi connectivity index (χ0n) is 15.0. The van der Waals surface area contributed by atoms with Crippen LogP contribution < -0.4 is 0 Å². The van der Waals surface area contributed by atoms with Crippen LogP contribution in [-0.2, 0) is 16.0 Å². The third-order valence-corrected chi connectivity index (χ3v) is 5.30. The van der Waals surface area contributed by atoms with Crippen molar-refractivity contribution in [2.75, 3.05) is 45.8 Å². The molecule has 0 spiro atoms. The number of rotatable bonds is 6. The van der Waals surface area contributed by atoms with Crippen molar-refractivity contribution in [1.82, 2.24) is 14.7 Å². The van der Waals surface area contributed by atoms with E-state index in [9.17, 15) is 9.59 Å². The summed E-state index contributed by atoms with van der Waals surface area (Å²) >= 11 is 0. The lowest BCUT2D eigenvalue weighted by Gasteiger charge is -2.35. The van der Waals surface area contributed by atoms with Gasteiger partial charge in [-0.25, -0.2) is 0 Å². The van der Waals surface area contributed by atoms with Gasteiger partial charge in [-0.1, -0.05) is 30.3 Å². The van der Waals surface area contributed by atoms with Crippen LogP contribution in [0.2, 0.25) is 0 Å². The van der Waals surface area contributed by atoms with Crippen molar-refractivity contribution < 1.29 is 9.59 Å². The minimum Gasteiger partial charge on any atom is -0.339 e. The molecule has 0 saturated carbocycles. The fraction of sp³-hybridized carbons (Fsp3) is 0.600. The maximum atomic E-state index is 12.4. The normalized spacial score (nSPS) is 18.6. The van der Waals surface area contributed by atoms with E-state index in [2.05, 4.69) is 17.0 Å². The number of piperazine rings is 1. The van der Waals surface area contributed by atoms with Crippen LogP contribution in [0.4, 0.5) is 0 Å². The molecule has 2 amide bonds. The average Bonchev–Trinajstić information content (AvgIpc) is 3.19. The number of amides is 2. The molecular formula is C20H29N3O2. The maximum absolute atomic E-state index is 12.4. The number of benzene rings is 1. The molecule has 0 unspecified atom stereocenters. The number of likely N-dealkylation sites (tertiary alicyclic amines) is 1. The first-order chi connectivity index (χ1) is 12.2. The van der Waals surface area contributed by atoms with Gasteiger partial charge in [0.1, 0.15) is 0 Å². The molecule has 2 heterocycles. The summed E-state index contributed by atoms with van der Waals surface area (Å²) in [7, 11) is 0. The van der Waals surface area contributed by atoms with Gasteiger partial charge in [-0.05, 0) is 37.9 Å². The van der Waals surface area contributed by atoms with Crippen LogP contribution in [0.5, 0.6) is 0 Å². The lowest BCUT2D eigenvalue weighted by Crippen LogP contribution is -2.51. The van der Waals surface area contributed by atoms with Crippen LogP contribution in [0, 0.1) is 0 Å². The molecule has 136 valence electrons. The van der Waals surface area contributed by atoms with Gasteiger partial charge in [-0.3, -0.25) is 9.59 Å². The highest BCUT2D eigenvalue weighted by molar-refractivity contribution is 5.78. The molecule has 0 radical (unpaired) electrons. The number of hydrogen-bond acceptors (Lipinski definition) is 3. The van der Waals surface area contributed by atoms with Crippen LogP contribution in [0.25, 0.3) is 0 Å². The first-order valence-corrected chi connectivity index (χ1v) is 9.54. The highest BCUT2D eigenvalue weighted by Crippen LogP contribution is 2.11. The average molecular weight is 343 g/mol. The molecule has 1 aromatic carbocycles.